The maximum Gasteiger partial charge on any atom is -0.0184 e. The van der Waals surface area contributed by atoms with E-state index in [1.807, 2.05) is 24.3 Å². The molecule has 0 unspecified atom stereocenters. The maximum atomic E-state index is 2.17. The van der Waals surface area contributed by atoms with Gasteiger partial charge in [0.15, 0.2) is 0 Å². The summed E-state index contributed by atoms with van der Waals surface area (Å²) in [5, 5.41) is 2.79. The zero-order valence-electron chi connectivity index (χ0n) is 21.3. The van der Waals surface area contributed by atoms with Crippen LogP contribution in [0.5, 0.6) is 0 Å². The summed E-state index contributed by atoms with van der Waals surface area (Å²) in [6.45, 7) is 0. The van der Waals surface area contributed by atoms with Crippen LogP contribution in [0.25, 0.3) is 22.3 Å². The average molecular weight is 513 g/mol. The van der Waals surface area contributed by atoms with Crippen LogP contribution in [-0.4, -0.2) is 5.48 Å². The smallest absolute Gasteiger partial charge is 0.0184 e. The van der Waals surface area contributed by atoms with E-state index in [9.17, 15) is 0 Å². The van der Waals surface area contributed by atoms with E-state index in [2.05, 4.69) is 158 Å². The van der Waals surface area contributed by atoms with Crippen LogP contribution in [0.15, 0.2) is 182 Å². The summed E-state index contributed by atoms with van der Waals surface area (Å²) in [6, 6.07) is 62.7. The Hall–Kier alpha value is -4.29. The van der Waals surface area contributed by atoms with Crippen molar-refractivity contribution >= 4 is 19.2 Å². The Morgan fingerprint density at radius 3 is 0.632 bits per heavy atom. The molecule has 6 rings (SSSR count). The van der Waals surface area contributed by atoms with Gasteiger partial charge in [0.05, 0.1) is 0 Å². The Morgan fingerprint density at radius 2 is 0.421 bits per heavy atom. The molecule has 0 atom stereocenters. The van der Waals surface area contributed by atoms with Crippen molar-refractivity contribution in [1.29, 1.82) is 0 Å². The minimum atomic E-state index is 0. The van der Waals surface area contributed by atoms with Gasteiger partial charge in [0.25, 0.3) is 0 Å². The maximum absolute atomic E-state index is 2.17. The third-order valence-electron chi connectivity index (χ3n) is 5.60. The molecule has 0 amide bonds. The molecular formula is C36H33OP. The molecule has 0 aliphatic heterocycles. The fraction of sp³-hybridized carbons (Fsp3) is 0. The number of benzene rings is 6. The van der Waals surface area contributed by atoms with E-state index in [-0.39, 0.29) is 5.48 Å². The number of hydrogen-bond acceptors (Lipinski definition) is 0. The third kappa shape index (κ3) is 9.64. The van der Waals surface area contributed by atoms with E-state index < -0.39 is 0 Å². The fourth-order valence-corrected chi connectivity index (χ4v) is 4.78. The van der Waals surface area contributed by atoms with Gasteiger partial charge in [-0.2, -0.15) is 0 Å². The lowest BCUT2D eigenvalue weighted by Crippen LogP contribution is -2.01. The largest absolute Gasteiger partial charge is 0.412 e. The second kappa shape index (κ2) is 16.5. The van der Waals surface area contributed by atoms with Gasteiger partial charge in [-0.3, -0.25) is 0 Å². The highest BCUT2D eigenvalue weighted by molar-refractivity contribution is 7.55. The molecule has 188 valence electrons. The average Bonchev–Trinajstić information content (AvgIpc) is 3.01. The lowest BCUT2D eigenvalue weighted by atomic mass is 10.1. The number of rotatable bonds is 4. The first-order valence-electron chi connectivity index (χ1n) is 12.5. The van der Waals surface area contributed by atoms with Crippen molar-refractivity contribution < 1.29 is 5.48 Å². The zero-order chi connectivity index (χ0) is 25.4. The van der Waals surface area contributed by atoms with E-state index >= 15 is 0 Å². The fourth-order valence-electron chi connectivity index (χ4n) is 3.73. The SMILES string of the molecule is O.c1ccc(-c2ccccc2)cc1.c1ccc(-c2ccccc2)cc1.c1ccc(Pc2ccccc2)cc1. The Morgan fingerprint density at radius 1 is 0.237 bits per heavy atom. The highest BCUT2D eigenvalue weighted by Gasteiger charge is 1.94. The first kappa shape index (κ1) is 28.3. The summed E-state index contributed by atoms with van der Waals surface area (Å²) in [6.07, 6.45) is 0. The van der Waals surface area contributed by atoms with Gasteiger partial charge in [-0.15, -0.1) is 0 Å². The molecule has 0 bridgehead atoms. The summed E-state index contributed by atoms with van der Waals surface area (Å²) >= 11 is 0. The molecule has 1 nitrogen and oxygen atoms in total. The van der Waals surface area contributed by atoms with Crippen LogP contribution in [0, 0.1) is 0 Å². The van der Waals surface area contributed by atoms with Crippen molar-refractivity contribution in [2.45, 2.75) is 0 Å². The van der Waals surface area contributed by atoms with Crippen LogP contribution < -0.4 is 10.6 Å². The Kier molecular flexibility index (Phi) is 12.2. The summed E-state index contributed by atoms with van der Waals surface area (Å²) in [4.78, 5) is 0. The van der Waals surface area contributed by atoms with Crippen molar-refractivity contribution in [3.8, 4) is 22.3 Å². The van der Waals surface area contributed by atoms with E-state index in [1.165, 1.54) is 32.9 Å². The van der Waals surface area contributed by atoms with Crippen LogP contribution in [0.3, 0.4) is 0 Å². The van der Waals surface area contributed by atoms with Crippen molar-refractivity contribution in [2.75, 3.05) is 0 Å². The molecule has 2 N–H and O–H groups in total. The van der Waals surface area contributed by atoms with Crippen molar-refractivity contribution in [3.05, 3.63) is 182 Å². The molecule has 2 heteroatoms. The summed E-state index contributed by atoms with van der Waals surface area (Å²) in [7, 11) is 0.777. The van der Waals surface area contributed by atoms with Gasteiger partial charge >= 0.3 is 0 Å². The lowest BCUT2D eigenvalue weighted by Gasteiger charge is -2.00. The lowest BCUT2D eigenvalue weighted by molar-refractivity contribution is 0.824. The van der Waals surface area contributed by atoms with Gasteiger partial charge in [-0.05, 0) is 32.9 Å². The Bertz CT molecular complexity index is 1200. The molecule has 0 aliphatic rings. The Balaban J connectivity index is 0.000000156. The van der Waals surface area contributed by atoms with Crippen LogP contribution >= 0.6 is 8.58 Å². The predicted octanol–water partition coefficient (Wildman–Crippen LogP) is 8.20. The summed E-state index contributed by atoms with van der Waals surface area (Å²) in [5.74, 6) is 0. The standard InChI is InChI=1S/C12H11P.2C12H10.H2O/c1-3-7-11(8-4-1)13-12-9-5-2-6-10-12;2*1-3-7-11(8-4-1)12-9-5-2-6-10-12;/h1-10,13H;2*1-10H;1H2. The minimum Gasteiger partial charge on any atom is -0.412 e. The molecule has 0 radical (unpaired) electrons. The molecule has 0 aromatic heterocycles. The summed E-state index contributed by atoms with van der Waals surface area (Å²) in [5.41, 5.74) is 5.10. The monoisotopic (exact) mass is 512 g/mol. The van der Waals surface area contributed by atoms with Gasteiger partial charge in [-0.1, -0.05) is 191 Å². The Labute approximate surface area is 228 Å². The minimum absolute atomic E-state index is 0. The van der Waals surface area contributed by atoms with Crippen LogP contribution in [-0.2, 0) is 0 Å². The molecular weight excluding hydrogens is 479 g/mol. The molecule has 6 aromatic carbocycles. The second-order valence-corrected chi connectivity index (χ2v) is 9.73. The molecule has 6 aromatic rings. The number of hydrogen-bond donors (Lipinski definition) is 0. The molecule has 0 heterocycles. The third-order valence-corrected chi connectivity index (χ3v) is 6.84. The van der Waals surface area contributed by atoms with Gasteiger partial charge in [-0.25, -0.2) is 0 Å². The van der Waals surface area contributed by atoms with Gasteiger partial charge < -0.3 is 5.48 Å². The molecule has 0 saturated carbocycles. The highest BCUT2D eigenvalue weighted by Crippen LogP contribution is 2.18. The van der Waals surface area contributed by atoms with E-state index in [0.717, 1.165) is 8.58 Å². The van der Waals surface area contributed by atoms with Crippen molar-refractivity contribution in [2.24, 2.45) is 0 Å². The topological polar surface area (TPSA) is 31.5 Å². The normalized spacial score (nSPS) is 9.47. The quantitative estimate of drug-likeness (QED) is 0.213. The molecule has 0 spiro atoms. The van der Waals surface area contributed by atoms with E-state index in [0.29, 0.717) is 0 Å². The summed E-state index contributed by atoms with van der Waals surface area (Å²) < 4.78 is 0. The van der Waals surface area contributed by atoms with Gasteiger partial charge in [0, 0.05) is 0 Å². The van der Waals surface area contributed by atoms with E-state index in [1.54, 1.807) is 0 Å². The van der Waals surface area contributed by atoms with Gasteiger partial charge in [0.2, 0.25) is 0 Å². The van der Waals surface area contributed by atoms with Crippen molar-refractivity contribution in [3.63, 3.8) is 0 Å². The van der Waals surface area contributed by atoms with Crippen LogP contribution in [0.2, 0.25) is 0 Å². The first-order valence-corrected chi connectivity index (χ1v) is 13.5. The predicted molar refractivity (Wildman–Crippen MR) is 168 cm³/mol. The van der Waals surface area contributed by atoms with E-state index in [4.69, 9.17) is 0 Å². The molecule has 38 heavy (non-hydrogen) atoms. The second-order valence-electron chi connectivity index (χ2n) is 8.32. The first-order chi connectivity index (χ1) is 18.4. The molecule has 0 saturated heterocycles. The molecule has 0 fully saturated rings. The van der Waals surface area contributed by atoms with Gasteiger partial charge in [0.1, 0.15) is 0 Å². The van der Waals surface area contributed by atoms with Crippen molar-refractivity contribution in [1.82, 2.24) is 0 Å². The highest BCUT2D eigenvalue weighted by atomic mass is 31.1. The molecule has 0 aliphatic carbocycles. The van der Waals surface area contributed by atoms with Crippen LogP contribution in [0.4, 0.5) is 0 Å². The van der Waals surface area contributed by atoms with Crippen LogP contribution in [0.1, 0.15) is 0 Å². The zero-order valence-corrected chi connectivity index (χ0v) is 22.3.